The molecule has 10 heteroatoms. The molecule has 2 aromatic rings. The second-order valence-corrected chi connectivity index (χ2v) is 10.4. The molecule has 2 aliphatic rings. The number of fused-ring (bicyclic) bond motifs is 1. The SMILES string of the molecule is O=C(C1CCn2cncc2C1)N1CCN(S(=O)(=O)c2ccc(Cl)s2)CC1. The molecule has 1 unspecified atom stereocenters. The smallest absolute Gasteiger partial charge is 0.252 e. The van der Waals surface area contributed by atoms with Gasteiger partial charge in [-0.25, -0.2) is 13.4 Å². The summed E-state index contributed by atoms with van der Waals surface area (Å²) in [5, 5.41) is 0. The molecule has 0 bridgehead atoms. The van der Waals surface area contributed by atoms with Crippen molar-refractivity contribution >= 4 is 38.9 Å². The Hall–Kier alpha value is -1.42. The largest absolute Gasteiger partial charge is 0.340 e. The number of carbonyl (C=O) groups is 1. The van der Waals surface area contributed by atoms with Gasteiger partial charge in [-0.1, -0.05) is 11.6 Å². The number of halogens is 1. The summed E-state index contributed by atoms with van der Waals surface area (Å²) < 4.78 is 29.5. The first kappa shape index (κ1) is 18.0. The first-order valence-corrected chi connectivity index (χ1v) is 11.1. The molecule has 1 saturated heterocycles. The minimum atomic E-state index is -3.53. The Kier molecular flexibility index (Phi) is 4.81. The van der Waals surface area contributed by atoms with E-state index < -0.39 is 10.0 Å². The zero-order valence-corrected chi connectivity index (χ0v) is 16.4. The maximum Gasteiger partial charge on any atom is 0.252 e. The summed E-state index contributed by atoms with van der Waals surface area (Å²) in [5.74, 6) is 0.0760. The Balaban J connectivity index is 1.38. The van der Waals surface area contributed by atoms with Crippen molar-refractivity contribution in [2.75, 3.05) is 26.2 Å². The van der Waals surface area contributed by atoms with Crippen LogP contribution in [0, 0.1) is 5.92 Å². The Bertz CT molecular complexity index is 916. The van der Waals surface area contributed by atoms with Gasteiger partial charge in [0.1, 0.15) is 4.21 Å². The fourth-order valence-corrected chi connectivity index (χ4v) is 6.61. The maximum atomic E-state index is 12.8. The standard InChI is InChI=1S/C16H19ClN4O3S2/c17-14-1-2-15(25-14)26(23,24)21-7-5-19(6-8-21)16(22)12-3-4-20-11-18-10-13(20)9-12/h1-2,10-12H,3-9H2. The van der Waals surface area contributed by atoms with Gasteiger partial charge < -0.3 is 9.47 Å². The predicted octanol–water partition coefficient (Wildman–Crippen LogP) is 1.69. The number of imidazole rings is 1. The topological polar surface area (TPSA) is 75.5 Å². The van der Waals surface area contributed by atoms with Crippen molar-refractivity contribution in [1.29, 1.82) is 0 Å². The van der Waals surface area contributed by atoms with Crippen molar-refractivity contribution in [2.24, 2.45) is 5.92 Å². The minimum Gasteiger partial charge on any atom is -0.340 e. The highest BCUT2D eigenvalue weighted by atomic mass is 35.5. The number of rotatable bonds is 3. The summed E-state index contributed by atoms with van der Waals surface area (Å²) in [6.45, 7) is 2.28. The Morgan fingerprint density at radius 1 is 1.19 bits per heavy atom. The lowest BCUT2D eigenvalue weighted by molar-refractivity contribution is -0.137. The molecule has 4 rings (SSSR count). The van der Waals surface area contributed by atoms with Gasteiger partial charge in [0, 0.05) is 57.0 Å². The van der Waals surface area contributed by atoms with Crippen LogP contribution in [0.4, 0.5) is 0 Å². The number of piperazine rings is 1. The number of nitrogens with zero attached hydrogens (tertiary/aromatic N) is 4. The zero-order valence-electron chi connectivity index (χ0n) is 14.0. The van der Waals surface area contributed by atoms with Crippen molar-refractivity contribution in [3.05, 3.63) is 34.7 Å². The molecule has 0 aromatic carbocycles. The van der Waals surface area contributed by atoms with Crippen LogP contribution < -0.4 is 0 Å². The molecule has 0 aliphatic carbocycles. The van der Waals surface area contributed by atoms with Crippen molar-refractivity contribution < 1.29 is 13.2 Å². The Morgan fingerprint density at radius 3 is 2.65 bits per heavy atom. The Morgan fingerprint density at radius 2 is 1.96 bits per heavy atom. The van der Waals surface area contributed by atoms with Gasteiger partial charge >= 0.3 is 0 Å². The summed E-state index contributed by atoms with van der Waals surface area (Å²) in [4.78, 5) is 18.8. The fourth-order valence-electron chi connectivity index (χ4n) is 3.55. The van der Waals surface area contributed by atoms with Crippen LogP contribution in [0.2, 0.25) is 4.34 Å². The lowest BCUT2D eigenvalue weighted by Crippen LogP contribution is -2.52. The van der Waals surface area contributed by atoms with Gasteiger partial charge in [0.2, 0.25) is 5.91 Å². The highest BCUT2D eigenvalue weighted by Gasteiger charge is 2.34. The maximum absolute atomic E-state index is 12.8. The second kappa shape index (κ2) is 6.95. The molecule has 0 saturated carbocycles. The van der Waals surface area contributed by atoms with Crippen molar-refractivity contribution in [3.8, 4) is 0 Å². The average molecular weight is 415 g/mol. The van der Waals surface area contributed by atoms with E-state index in [2.05, 4.69) is 9.55 Å². The van der Waals surface area contributed by atoms with E-state index in [9.17, 15) is 13.2 Å². The summed E-state index contributed by atoms with van der Waals surface area (Å²) in [5.41, 5.74) is 1.09. The lowest BCUT2D eigenvalue weighted by Gasteiger charge is -2.36. The van der Waals surface area contributed by atoms with Gasteiger partial charge in [-0.3, -0.25) is 4.79 Å². The molecule has 26 heavy (non-hydrogen) atoms. The van der Waals surface area contributed by atoms with Gasteiger partial charge in [-0.05, 0) is 18.6 Å². The third kappa shape index (κ3) is 3.28. The lowest BCUT2D eigenvalue weighted by atomic mass is 9.94. The molecule has 0 radical (unpaired) electrons. The highest BCUT2D eigenvalue weighted by Crippen LogP contribution is 2.29. The van der Waals surface area contributed by atoms with Gasteiger partial charge in [0.25, 0.3) is 10.0 Å². The van der Waals surface area contributed by atoms with Gasteiger partial charge in [0.05, 0.1) is 10.7 Å². The van der Waals surface area contributed by atoms with E-state index in [0.717, 1.165) is 30.0 Å². The van der Waals surface area contributed by atoms with Crippen LogP contribution in [-0.4, -0.2) is 59.3 Å². The van der Waals surface area contributed by atoms with Gasteiger partial charge in [0.15, 0.2) is 0 Å². The molecule has 2 aromatic heterocycles. The number of aryl methyl sites for hydroxylation is 1. The van der Waals surface area contributed by atoms with Crippen LogP contribution in [0.1, 0.15) is 12.1 Å². The molecule has 1 amide bonds. The molecule has 1 atom stereocenters. The van der Waals surface area contributed by atoms with Gasteiger partial charge in [-0.2, -0.15) is 4.31 Å². The van der Waals surface area contributed by atoms with Crippen LogP contribution in [0.15, 0.2) is 28.9 Å². The van der Waals surface area contributed by atoms with E-state index in [0.29, 0.717) is 36.9 Å². The van der Waals surface area contributed by atoms with E-state index in [-0.39, 0.29) is 16.0 Å². The first-order chi connectivity index (χ1) is 12.4. The second-order valence-electron chi connectivity index (χ2n) is 6.56. The normalized spacial score (nSPS) is 21.6. The van der Waals surface area contributed by atoms with E-state index in [1.54, 1.807) is 17.3 Å². The van der Waals surface area contributed by atoms with E-state index in [1.165, 1.54) is 10.4 Å². The van der Waals surface area contributed by atoms with Crippen LogP contribution in [0.3, 0.4) is 0 Å². The van der Waals surface area contributed by atoms with Crippen LogP contribution in [0.5, 0.6) is 0 Å². The summed E-state index contributed by atoms with van der Waals surface area (Å²) >= 11 is 6.92. The molecule has 1 fully saturated rings. The molecule has 4 heterocycles. The molecule has 0 spiro atoms. The average Bonchev–Trinajstić information content (AvgIpc) is 3.29. The fraction of sp³-hybridized carbons (Fsp3) is 0.500. The van der Waals surface area contributed by atoms with Gasteiger partial charge in [-0.15, -0.1) is 11.3 Å². The Labute approximate surface area is 161 Å². The zero-order chi connectivity index (χ0) is 18.3. The molecule has 140 valence electrons. The molecule has 7 nitrogen and oxygen atoms in total. The third-order valence-electron chi connectivity index (χ3n) is 5.01. The van der Waals surface area contributed by atoms with Crippen LogP contribution in [0.25, 0.3) is 0 Å². The van der Waals surface area contributed by atoms with Crippen molar-refractivity contribution in [2.45, 2.75) is 23.6 Å². The van der Waals surface area contributed by atoms with Crippen molar-refractivity contribution in [3.63, 3.8) is 0 Å². The van der Waals surface area contributed by atoms with E-state index in [4.69, 9.17) is 11.6 Å². The van der Waals surface area contributed by atoms with Crippen molar-refractivity contribution in [1.82, 2.24) is 18.8 Å². The number of hydrogen-bond acceptors (Lipinski definition) is 5. The molecular weight excluding hydrogens is 396 g/mol. The number of hydrogen-bond donors (Lipinski definition) is 0. The summed E-state index contributed by atoms with van der Waals surface area (Å²) in [7, 11) is -3.53. The number of thiophene rings is 1. The van der Waals surface area contributed by atoms with E-state index in [1.807, 2.05) is 6.20 Å². The first-order valence-electron chi connectivity index (χ1n) is 8.48. The minimum absolute atomic E-state index is 0.0431. The highest BCUT2D eigenvalue weighted by molar-refractivity contribution is 7.91. The number of amides is 1. The monoisotopic (exact) mass is 414 g/mol. The molecule has 0 N–H and O–H groups in total. The van der Waals surface area contributed by atoms with E-state index >= 15 is 0 Å². The quantitative estimate of drug-likeness (QED) is 0.765. The summed E-state index contributed by atoms with van der Waals surface area (Å²) in [6.07, 6.45) is 5.12. The number of aromatic nitrogens is 2. The molecular formula is C16H19ClN4O3S2. The van der Waals surface area contributed by atoms with Crippen LogP contribution in [-0.2, 0) is 27.8 Å². The number of carbonyl (C=O) groups excluding carboxylic acids is 1. The third-order valence-corrected chi connectivity index (χ3v) is 8.61. The summed E-state index contributed by atoms with van der Waals surface area (Å²) in [6, 6.07) is 3.12. The van der Waals surface area contributed by atoms with Crippen LogP contribution >= 0.6 is 22.9 Å². The molecule has 2 aliphatic heterocycles. The predicted molar refractivity (Wildman–Crippen MR) is 98.7 cm³/mol. The number of sulfonamides is 1.